The number of ether oxygens (including phenoxy) is 1. The van der Waals surface area contributed by atoms with Crippen molar-refractivity contribution in [3.8, 4) is 5.69 Å². The number of aliphatic carboxylic acids is 1. The van der Waals surface area contributed by atoms with Gasteiger partial charge in [0.1, 0.15) is 5.82 Å². The van der Waals surface area contributed by atoms with Gasteiger partial charge < -0.3 is 19.3 Å². The number of rotatable bonds is 3. The Hall–Kier alpha value is -2.67. The van der Waals surface area contributed by atoms with Crippen molar-refractivity contribution >= 4 is 11.9 Å². The van der Waals surface area contributed by atoms with Crippen LogP contribution in [0.4, 0.5) is 4.39 Å². The van der Waals surface area contributed by atoms with Crippen molar-refractivity contribution in [3.05, 3.63) is 53.1 Å². The second-order valence-corrected chi connectivity index (χ2v) is 6.02. The minimum atomic E-state index is -1.08. The summed E-state index contributed by atoms with van der Waals surface area (Å²) in [6.07, 6.45) is 0. The first-order valence-corrected chi connectivity index (χ1v) is 7.96. The second-order valence-electron chi connectivity index (χ2n) is 6.02. The van der Waals surface area contributed by atoms with Crippen LogP contribution in [0.25, 0.3) is 5.69 Å². The highest BCUT2D eigenvalue weighted by molar-refractivity contribution is 5.98. The van der Waals surface area contributed by atoms with Crippen LogP contribution in [0.5, 0.6) is 0 Å². The number of hydrogen-bond donors (Lipinski definition) is 1. The topological polar surface area (TPSA) is 71.8 Å². The molecule has 0 spiro atoms. The Morgan fingerprint density at radius 1 is 1.24 bits per heavy atom. The lowest BCUT2D eigenvalue weighted by Gasteiger charge is -2.32. The summed E-state index contributed by atoms with van der Waals surface area (Å²) in [5, 5.41) is 9.32. The van der Waals surface area contributed by atoms with Gasteiger partial charge in [-0.25, -0.2) is 9.18 Å². The highest BCUT2D eigenvalue weighted by atomic mass is 19.1. The zero-order chi connectivity index (χ0) is 18.1. The number of carboxylic acid groups (broad SMARTS) is 1. The van der Waals surface area contributed by atoms with Crippen LogP contribution >= 0.6 is 0 Å². The Morgan fingerprint density at radius 2 is 1.92 bits per heavy atom. The number of amides is 1. The van der Waals surface area contributed by atoms with Gasteiger partial charge in [-0.2, -0.15) is 0 Å². The van der Waals surface area contributed by atoms with Crippen LogP contribution in [0.3, 0.4) is 0 Å². The number of carbonyl (C=O) groups excluding carboxylic acids is 1. The molecule has 1 aliphatic rings. The fourth-order valence-electron chi connectivity index (χ4n) is 3.17. The summed E-state index contributed by atoms with van der Waals surface area (Å²) in [7, 11) is 0. The van der Waals surface area contributed by atoms with Crippen molar-refractivity contribution in [3.63, 3.8) is 0 Å². The van der Waals surface area contributed by atoms with Crippen LogP contribution in [0.15, 0.2) is 30.3 Å². The number of aromatic nitrogens is 1. The lowest BCUT2D eigenvalue weighted by molar-refractivity contribution is -0.147. The van der Waals surface area contributed by atoms with E-state index in [1.807, 2.05) is 11.5 Å². The van der Waals surface area contributed by atoms with Gasteiger partial charge in [0.25, 0.3) is 5.91 Å². The smallest absolute Gasteiger partial charge is 0.328 e. The first-order valence-electron chi connectivity index (χ1n) is 7.96. The van der Waals surface area contributed by atoms with E-state index in [0.717, 1.165) is 11.4 Å². The van der Waals surface area contributed by atoms with E-state index in [4.69, 9.17) is 4.74 Å². The number of carbonyl (C=O) groups is 2. The van der Waals surface area contributed by atoms with E-state index < -0.39 is 12.0 Å². The maximum Gasteiger partial charge on any atom is 0.328 e. The summed E-state index contributed by atoms with van der Waals surface area (Å²) in [5.41, 5.74) is 2.68. The Morgan fingerprint density at radius 3 is 2.56 bits per heavy atom. The highest BCUT2D eigenvalue weighted by Crippen LogP contribution is 2.23. The molecule has 1 amide bonds. The van der Waals surface area contributed by atoms with E-state index in [1.165, 1.54) is 17.0 Å². The van der Waals surface area contributed by atoms with Crippen LogP contribution in [0.2, 0.25) is 0 Å². The number of aryl methyl sites for hydroxylation is 1. The Bertz CT molecular complexity index is 813. The van der Waals surface area contributed by atoms with Crippen molar-refractivity contribution in [2.24, 2.45) is 0 Å². The maximum absolute atomic E-state index is 13.2. The molecule has 1 aromatic heterocycles. The van der Waals surface area contributed by atoms with Gasteiger partial charge in [0.2, 0.25) is 0 Å². The molecule has 6 nitrogen and oxygen atoms in total. The summed E-state index contributed by atoms with van der Waals surface area (Å²) in [6, 6.07) is 6.73. The molecule has 132 valence electrons. The fourth-order valence-corrected chi connectivity index (χ4v) is 3.17. The van der Waals surface area contributed by atoms with E-state index in [2.05, 4.69) is 0 Å². The maximum atomic E-state index is 13.2. The average molecular weight is 346 g/mol. The van der Waals surface area contributed by atoms with E-state index >= 15 is 0 Å². The van der Waals surface area contributed by atoms with Crippen LogP contribution in [0, 0.1) is 19.7 Å². The summed E-state index contributed by atoms with van der Waals surface area (Å²) >= 11 is 0. The molecule has 1 saturated heterocycles. The molecule has 1 N–H and O–H groups in total. The Kier molecular flexibility index (Phi) is 4.59. The molecule has 1 atom stereocenters. The number of hydrogen-bond acceptors (Lipinski definition) is 3. The van der Waals surface area contributed by atoms with E-state index in [9.17, 15) is 19.1 Å². The van der Waals surface area contributed by atoms with Crippen molar-refractivity contribution in [2.45, 2.75) is 19.9 Å². The molecule has 0 saturated carbocycles. The zero-order valence-corrected chi connectivity index (χ0v) is 14.0. The number of morpholine rings is 1. The second kappa shape index (κ2) is 6.68. The number of benzene rings is 1. The number of halogens is 1. The Labute approximate surface area is 144 Å². The molecule has 3 rings (SSSR count). The lowest BCUT2D eigenvalue weighted by atomic mass is 10.1. The van der Waals surface area contributed by atoms with E-state index in [1.54, 1.807) is 25.1 Å². The van der Waals surface area contributed by atoms with Gasteiger partial charge in [-0.15, -0.1) is 0 Å². The average Bonchev–Trinajstić information content (AvgIpc) is 2.89. The number of carboxylic acids is 1. The molecule has 1 aliphatic heterocycles. The zero-order valence-electron chi connectivity index (χ0n) is 14.0. The fraction of sp³-hybridized carbons (Fsp3) is 0.333. The third-order valence-electron chi connectivity index (χ3n) is 4.42. The van der Waals surface area contributed by atoms with Gasteiger partial charge in [-0.05, 0) is 44.2 Å². The van der Waals surface area contributed by atoms with Gasteiger partial charge in [-0.3, -0.25) is 4.79 Å². The summed E-state index contributed by atoms with van der Waals surface area (Å²) in [5.74, 6) is -1.75. The molecule has 7 heteroatoms. The molecule has 25 heavy (non-hydrogen) atoms. The first kappa shape index (κ1) is 17.2. The molecule has 1 aromatic carbocycles. The Balaban J connectivity index is 1.98. The van der Waals surface area contributed by atoms with E-state index in [-0.39, 0.29) is 24.9 Å². The van der Waals surface area contributed by atoms with Crippen molar-refractivity contribution in [2.75, 3.05) is 19.8 Å². The van der Waals surface area contributed by atoms with Crippen LogP contribution in [-0.2, 0) is 9.53 Å². The van der Waals surface area contributed by atoms with Crippen LogP contribution in [0.1, 0.15) is 21.7 Å². The summed E-state index contributed by atoms with van der Waals surface area (Å²) in [6.45, 7) is 4.17. The minimum Gasteiger partial charge on any atom is -0.480 e. The molecular formula is C18H19FN2O4. The minimum absolute atomic E-state index is 0.0161. The molecular weight excluding hydrogens is 327 g/mol. The standard InChI is InChI=1S/C18H19FN2O4/c1-11-9-15(12(2)21(11)14-5-3-13(19)4-6-14)17(22)20-7-8-25-10-16(20)18(23)24/h3-6,9,16H,7-8,10H2,1-2H3,(H,23,24). The summed E-state index contributed by atoms with van der Waals surface area (Å²) < 4.78 is 20.2. The normalized spacial score (nSPS) is 17.6. The number of nitrogens with zero attached hydrogens (tertiary/aromatic N) is 2. The predicted molar refractivity (Wildman–Crippen MR) is 88.5 cm³/mol. The van der Waals surface area contributed by atoms with Crippen molar-refractivity contribution in [1.29, 1.82) is 0 Å². The van der Waals surface area contributed by atoms with Crippen LogP contribution in [-0.4, -0.2) is 52.3 Å². The SMILES string of the molecule is Cc1cc(C(=O)N2CCOCC2C(=O)O)c(C)n1-c1ccc(F)cc1. The molecule has 0 radical (unpaired) electrons. The molecule has 0 bridgehead atoms. The first-order chi connectivity index (χ1) is 11.9. The van der Waals surface area contributed by atoms with Gasteiger partial charge >= 0.3 is 5.97 Å². The predicted octanol–water partition coefficient (Wildman–Crippen LogP) is 2.16. The largest absolute Gasteiger partial charge is 0.480 e. The quantitative estimate of drug-likeness (QED) is 0.924. The van der Waals surface area contributed by atoms with Gasteiger partial charge in [0, 0.05) is 23.6 Å². The van der Waals surface area contributed by atoms with Crippen molar-refractivity contribution < 1.29 is 23.8 Å². The molecule has 2 heterocycles. The van der Waals surface area contributed by atoms with Crippen molar-refractivity contribution in [1.82, 2.24) is 9.47 Å². The monoisotopic (exact) mass is 346 g/mol. The van der Waals surface area contributed by atoms with Gasteiger partial charge in [0.05, 0.1) is 18.8 Å². The summed E-state index contributed by atoms with van der Waals surface area (Å²) in [4.78, 5) is 25.7. The third kappa shape index (κ3) is 3.15. The van der Waals surface area contributed by atoms with Gasteiger partial charge in [-0.1, -0.05) is 0 Å². The lowest BCUT2D eigenvalue weighted by Crippen LogP contribution is -2.52. The molecule has 0 aliphatic carbocycles. The molecule has 2 aromatic rings. The highest BCUT2D eigenvalue weighted by Gasteiger charge is 2.34. The van der Waals surface area contributed by atoms with Gasteiger partial charge in [0.15, 0.2) is 6.04 Å². The third-order valence-corrected chi connectivity index (χ3v) is 4.42. The molecule has 1 fully saturated rings. The van der Waals surface area contributed by atoms with Crippen LogP contribution < -0.4 is 0 Å². The molecule has 1 unspecified atom stereocenters. The van der Waals surface area contributed by atoms with E-state index in [0.29, 0.717) is 17.9 Å².